The van der Waals surface area contributed by atoms with Crippen molar-refractivity contribution in [3.05, 3.63) is 65.9 Å². The first-order chi connectivity index (χ1) is 13.2. The van der Waals surface area contributed by atoms with E-state index >= 15 is 0 Å². The molecule has 0 saturated heterocycles. The molecule has 27 heavy (non-hydrogen) atoms. The smallest absolute Gasteiger partial charge is 0.247 e. The minimum Gasteiger partial charge on any atom is -0.445 e. The first kappa shape index (κ1) is 17.5. The number of aryl methyl sites for hydroxylation is 2. The molecule has 1 unspecified atom stereocenters. The van der Waals surface area contributed by atoms with Gasteiger partial charge in [0.25, 0.3) is 0 Å². The number of nitrogens with zero attached hydrogens (tertiary/aromatic N) is 5. The minimum absolute atomic E-state index is 0.0896. The summed E-state index contributed by atoms with van der Waals surface area (Å²) in [5, 5.41) is 4.23. The number of carbonyl (C=O) groups excluding carboxylic acids is 1. The van der Waals surface area contributed by atoms with E-state index in [-0.39, 0.29) is 11.9 Å². The van der Waals surface area contributed by atoms with Gasteiger partial charge >= 0.3 is 0 Å². The highest BCUT2D eigenvalue weighted by atomic mass is 16.4. The summed E-state index contributed by atoms with van der Waals surface area (Å²) in [6, 6.07) is 5.56. The van der Waals surface area contributed by atoms with Gasteiger partial charge in [-0.2, -0.15) is 5.10 Å². The molecule has 0 bridgehead atoms. The number of aromatic nitrogens is 4. The van der Waals surface area contributed by atoms with Crippen LogP contribution in [-0.4, -0.2) is 37.1 Å². The maximum Gasteiger partial charge on any atom is 0.247 e. The largest absolute Gasteiger partial charge is 0.445 e. The molecule has 7 heteroatoms. The van der Waals surface area contributed by atoms with Gasteiger partial charge in [0, 0.05) is 44.2 Å². The van der Waals surface area contributed by atoms with Crippen molar-refractivity contribution in [3.63, 3.8) is 0 Å². The highest BCUT2D eigenvalue weighted by Gasteiger charge is 2.30. The topological polar surface area (TPSA) is 77.0 Å². The molecule has 4 rings (SSSR count). The Hall–Kier alpha value is -2.96. The Balaban J connectivity index is 1.42. The number of pyridine rings is 1. The summed E-state index contributed by atoms with van der Waals surface area (Å²) in [4.78, 5) is 23.6. The third-order valence-electron chi connectivity index (χ3n) is 4.95. The molecule has 0 saturated carbocycles. The number of hydrogen-bond donors (Lipinski definition) is 0. The number of carbonyl (C=O) groups is 1. The third kappa shape index (κ3) is 3.77. The average Bonchev–Trinajstić information content (AvgIpc) is 3.37. The van der Waals surface area contributed by atoms with Crippen LogP contribution in [0.4, 0.5) is 0 Å². The quantitative estimate of drug-likeness (QED) is 0.671. The molecular formula is C20H23N5O2. The monoisotopic (exact) mass is 365 g/mol. The van der Waals surface area contributed by atoms with Crippen LogP contribution < -0.4 is 0 Å². The zero-order valence-electron chi connectivity index (χ0n) is 15.4. The van der Waals surface area contributed by atoms with Crippen molar-refractivity contribution in [1.29, 1.82) is 0 Å². The summed E-state index contributed by atoms with van der Waals surface area (Å²) in [7, 11) is 0. The van der Waals surface area contributed by atoms with Crippen LogP contribution in [0.5, 0.6) is 0 Å². The zero-order valence-corrected chi connectivity index (χ0v) is 15.4. The molecule has 0 N–H and O–H groups in total. The van der Waals surface area contributed by atoms with Crippen LogP contribution in [0.25, 0.3) is 0 Å². The Morgan fingerprint density at radius 2 is 2.22 bits per heavy atom. The highest BCUT2D eigenvalue weighted by molar-refractivity contribution is 5.80. The molecule has 0 aliphatic carbocycles. The van der Waals surface area contributed by atoms with Gasteiger partial charge in [0.05, 0.1) is 6.54 Å². The molecule has 140 valence electrons. The predicted molar refractivity (Wildman–Crippen MR) is 98.8 cm³/mol. The van der Waals surface area contributed by atoms with E-state index in [2.05, 4.69) is 21.1 Å². The lowest BCUT2D eigenvalue weighted by Gasteiger charge is -2.29. The second-order valence-corrected chi connectivity index (χ2v) is 6.76. The van der Waals surface area contributed by atoms with Crippen molar-refractivity contribution < 1.29 is 9.21 Å². The van der Waals surface area contributed by atoms with Crippen LogP contribution in [0.2, 0.25) is 0 Å². The fraction of sp³-hybridized carbons (Fsp3) is 0.400. The molecule has 1 atom stereocenters. The molecule has 3 aromatic heterocycles. The fourth-order valence-corrected chi connectivity index (χ4v) is 3.49. The first-order valence-corrected chi connectivity index (χ1v) is 9.39. The van der Waals surface area contributed by atoms with Crippen LogP contribution in [0.15, 0.2) is 47.4 Å². The molecule has 0 fully saturated rings. The van der Waals surface area contributed by atoms with Gasteiger partial charge in [-0.05, 0) is 30.5 Å². The molecule has 0 aromatic carbocycles. The summed E-state index contributed by atoms with van der Waals surface area (Å²) >= 11 is 0. The average molecular weight is 365 g/mol. The first-order valence-electron chi connectivity index (χ1n) is 9.39. The van der Waals surface area contributed by atoms with Crippen LogP contribution in [-0.2, 0) is 30.6 Å². The van der Waals surface area contributed by atoms with Crippen molar-refractivity contribution in [3.8, 4) is 0 Å². The van der Waals surface area contributed by atoms with Crippen molar-refractivity contribution in [2.45, 2.75) is 45.2 Å². The summed E-state index contributed by atoms with van der Waals surface area (Å²) in [6.07, 6.45) is 10.2. The van der Waals surface area contributed by atoms with Gasteiger partial charge in [-0.25, -0.2) is 4.98 Å². The Labute approximate surface area is 158 Å². The van der Waals surface area contributed by atoms with Gasteiger partial charge in [0.15, 0.2) is 5.89 Å². The van der Waals surface area contributed by atoms with E-state index < -0.39 is 0 Å². The Morgan fingerprint density at radius 1 is 1.30 bits per heavy atom. The van der Waals surface area contributed by atoms with Gasteiger partial charge in [-0.1, -0.05) is 13.0 Å². The number of amides is 1. The maximum absolute atomic E-state index is 13.0. The van der Waals surface area contributed by atoms with Gasteiger partial charge in [0.1, 0.15) is 17.5 Å². The molecule has 1 aliphatic heterocycles. The maximum atomic E-state index is 13.0. The SMILES string of the molecule is CCC(C(=O)N1CCc2oc(CCc3cccnc3)nc2C1)n1cccn1. The lowest BCUT2D eigenvalue weighted by Crippen LogP contribution is -2.40. The van der Waals surface area contributed by atoms with Crippen LogP contribution >= 0.6 is 0 Å². The summed E-state index contributed by atoms with van der Waals surface area (Å²) in [5.74, 6) is 1.73. The summed E-state index contributed by atoms with van der Waals surface area (Å²) in [6.45, 7) is 3.16. The normalized spacial score (nSPS) is 14.8. The van der Waals surface area contributed by atoms with E-state index in [9.17, 15) is 4.79 Å². The second kappa shape index (κ2) is 7.73. The summed E-state index contributed by atoms with van der Waals surface area (Å²) in [5.41, 5.74) is 2.04. The van der Waals surface area contributed by atoms with E-state index in [4.69, 9.17) is 4.42 Å². The Morgan fingerprint density at radius 3 is 2.96 bits per heavy atom. The minimum atomic E-state index is -0.265. The van der Waals surface area contributed by atoms with Crippen LogP contribution in [0.3, 0.4) is 0 Å². The van der Waals surface area contributed by atoms with E-state index in [1.165, 1.54) is 0 Å². The number of hydrogen-bond acceptors (Lipinski definition) is 5. The van der Waals surface area contributed by atoms with Gasteiger partial charge < -0.3 is 9.32 Å². The second-order valence-electron chi connectivity index (χ2n) is 6.76. The van der Waals surface area contributed by atoms with Gasteiger partial charge in [-0.15, -0.1) is 0 Å². The van der Waals surface area contributed by atoms with E-state index in [1.54, 1.807) is 17.1 Å². The molecule has 4 heterocycles. The highest BCUT2D eigenvalue weighted by Crippen LogP contribution is 2.24. The van der Waals surface area contributed by atoms with Crippen molar-refractivity contribution in [2.75, 3.05) is 6.54 Å². The lowest BCUT2D eigenvalue weighted by molar-refractivity contribution is -0.136. The van der Waals surface area contributed by atoms with Crippen molar-refractivity contribution >= 4 is 5.91 Å². The molecule has 1 amide bonds. The lowest BCUT2D eigenvalue weighted by atomic mass is 10.1. The molecule has 0 spiro atoms. The molecule has 0 radical (unpaired) electrons. The summed E-state index contributed by atoms with van der Waals surface area (Å²) < 4.78 is 7.66. The van der Waals surface area contributed by atoms with E-state index in [0.29, 0.717) is 25.9 Å². The van der Waals surface area contributed by atoms with Gasteiger partial charge in [-0.3, -0.25) is 14.5 Å². The van der Waals surface area contributed by atoms with E-state index in [0.717, 1.165) is 35.7 Å². The molecule has 7 nitrogen and oxygen atoms in total. The molecular weight excluding hydrogens is 342 g/mol. The fourth-order valence-electron chi connectivity index (χ4n) is 3.49. The number of oxazole rings is 1. The number of fused-ring (bicyclic) bond motifs is 1. The van der Waals surface area contributed by atoms with Crippen molar-refractivity contribution in [2.24, 2.45) is 0 Å². The van der Waals surface area contributed by atoms with Gasteiger partial charge in [0.2, 0.25) is 5.91 Å². The standard InChI is InChI=1S/C20H23N5O2/c1-2-17(25-11-4-10-22-25)20(26)24-12-8-18-16(14-24)23-19(27-18)7-6-15-5-3-9-21-13-15/h3-5,9-11,13,17H,2,6-8,12,14H2,1H3. The Kier molecular flexibility index (Phi) is 5.00. The molecule has 1 aliphatic rings. The van der Waals surface area contributed by atoms with Crippen LogP contribution in [0, 0.1) is 0 Å². The van der Waals surface area contributed by atoms with E-state index in [1.807, 2.05) is 36.4 Å². The predicted octanol–water partition coefficient (Wildman–Crippen LogP) is 2.59. The van der Waals surface area contributed by atoms with Crippen LogP contribution in [0.1, 0.15) is 42.3 Å². The number of rotatable bonds is 6. The van der Waals surface area contributed by atoms with Crippen molar-refractivity contribution in [1.82, 2.24) is 24.6 Å². The third-order valence-corrected chi connectivity index (χ3v) is 4.95. The molecule has 3 aromatic rings. The Bertz CT molecular complexity index is 889. The zero-order chi connectivity index (χ0) is 18.6.